The molecule has 0 aliphatic carbocycles. The SMILES string of the molecule is Cc1cc(S(=O)(=O)Nc2cc(N3CCCS3(=O)=O)ccc2C)ccc1F. The average Bonchev–Trinajstić information content (AvgIpc) is 2.91. The zero-order chi connectivity index (χ0) is 19.1. The summed E-state index contributed by atoms with van der Waals surface area (Å²) in [7, 11) is -7.29. The molecule has 1 N–H and O–H groups in total. The molecule has 26 heavy (non-hydrogen) atoms. The highest BCUT2D eigenvalue weighted by Gasteiger charge is 2.29. The lowest BCUT2D eigenvalue weighted by Crippen LogP contribution is -2.25. The number of sulfonamides is 2. The van der Waals surface area contributed by atoms with Crippen molar-refractivity contribution >= 4 is 31.4 Å². The van der Waals surface area contributed by atoms with Crippen molar-refractivity contribution in [2.24, 2.45) is 0 Å². The number of halogens is 1. The van der Waals surface area contributed by atoms with Gasteiger partial charge in [-0.25, -0.2) is 21.2 Å². The molecule has 1 saturated heterocycles. The molecule has 0 atom stereocenters. The zero-order valence-corrected chi connectivity index (χ0v) is 16.0. The zero-order valence-electron chi connectivity index (χ0n) is 14.4. The molecule has 0 radical (unpaired) electrons. The van der Waals surface area contributed by atoms with Crippen molar-refractivity contribution in [3.05, 3.63) is 53.3 Å². The molecule has 0 aromatic heterocycles. The van der Waals surface area contributed by atoms with E-state index in [0.717, 1.165) is 6.07 Å². The molecule has 1 aliphatic heterocycles. The van der Waals surface area contributed by atoms with Crippen LogP contribution >= 0.6 is 0 Å². The summed E-state index contributed by atoms with van der Waals surface area (Å²) in [5, 5.41) is 0. The predicted octanol–water partition coefficient (Wildman–Crippen LogP) is 2.78. The first-order valence-corrected chi connectivity index (χ1v) is 11.1. The van der Waals surface area contributed by atoms with Gasteiger partial charge in [0.2, 0.25) is 10.0 Å². The maximum Gasteiger partial charge on any atom is 0.261 e. The molecular weight excluding hydrogens is 379 g/mol. The molecule has 0 amide bonds. The van der Waals surface area contributed by atoms with Crippen LogP contribution in [-0.4, -0.2) is 29.1 Å². The molecule has 0 saturated carbocycles. The molecule has 1 fully saturated rings. The number of nitrogens with one attached hydrogen (secondary N) is 1. The van der Waals surface area contributed by atoms with Crippen molar-refractivity contribution in [1.29, 1.82) is 0 Å². The largest absolute Gasteiger partial charge is 0.279 e. The van der Waals surface area contributed by atoms with Crippen molar-refractivity contribution in [3.8, 4) is 0 Å². The van der Waals surface area contributed by atoms with Gasteiger partial charge in [0.15, 0.2) is 0 Å². The highest BCUT2D eigenvalue weighted by molar-refractivity contribution is 7.93. The molecule has 9 heteroatoms. The number of hydrogen-bond donors (Lipinski definition) is 1. The van der Waals surface area contributed by atoms with Crippen LogP contribution in [0.1, 0.15) is 17.5 Å². The second-order valence-corrected chi connectivity index (χ2v) is 9.95. The molecule has 0 spiro atoms. The third-order valence-electron chi connectivity index (χ3n) is 4.29. The average molecular weight is 398 g/mol. The summed E-state index contributed by atoms with van der Waals surface area (Å²) < 4.78 is 66.5. The Morgan fingerprint density at radius 2 is 1.81 bits per heavy atom. The van der Waals surface area contributed by atoms with Gasteiger partial charge in [0, 0.05) is 6.54 Å². The van der Waals surface area contributed by atoms with Crippen molar-refractivity contribution in [1.82, 2.24) is 0 Å². The van der Waals surface area contributed by atoms with Crippen LogP contribution in [0.4, 0.5) is 15.8 Å². The Hall–Kier alpha value is -2.13. The second kappa shape index (κ2) is 6.55. The third kappa shape index (κ3) is 3.54. The van der Waals surface area contributed by atoms with Crippen LogP contribution in [0, 0.1) is 19.7 Å². The second-order valence-electron chi connectivity index (χ2n) is 6.26. The van der Waals surface area contributed by atoms with Gasteiger partial charge in [-0.2, -0.15) is 0 Å². The minimum absolute atomic E-state index is 0.0602. The Balaban J connectivity index is 1.96. The Morgan fingerprint density at radius 3 is 2.42 bits per heavy atom. The lowest BCUT2D eigenvalue weighted by molar-refractivity contribution is 0.597. The van der Waals surface area contributed by atoms with Gasteiger partial charge in [-0.3, -0.25) is 9.03 Å². The number of aryl methyl sites for hydroxylation is 2. The van der Waals surface area contributed by atoms with Crippen LogP contribution in [-0.2, 0) is 20.0 Å². The van der Waals surface area contributed by atoms with Gasteiger partial charge in [0.1, 0.15) is 5.82 Å². The van der Waals surface area contributed by atoms with Crippen molar-refractivity contribution in [2.45, 2.75) is 25.2 Å². The summed E-state index contributed by atoms with van der Waals surface area (Å²) in [5.41, 5.74) is 1.57. The number of hydrogen-bond acceptors (Lipinski definition) is 4. The molecular formula is C17H19FN2O4S2. The van der Waals surface area contributed by atoms with Crippen LogP contribution in [0.25, 0.3) is 0 Å². The minimum Gasteiger partial charge on any atom is -0.279 e. The molecule has 0 bridgehead atoms. The van der Waals surface area contributed by atoms with Gasteiger partial charge in [0.05, 0.1) is 22.0 Å². The molecule has 0 unspecified atom stereocenters. The molecule has 1 heterocycles. The van der Waals surface area contributed by atoms with E-state index in [-0.39, 0.29) is 21.9 Å². The Labute approximate surface area is 152 Å². The van der Waals surface area contributed by atoms with E-state index in [0.29, 0.717) is 24.2 Å². The lowest BCUT2D eigenvalue weighted by atomic mass is 10.2. The topological polar surface area (TPSA) is 83.6 Å². The fourth-order valence-corrected chi connectivity index (χ4v) is 5.56. The number of rotatable bonds is 4. The third-order valence-corrected chi connectivity index (χ3v) is 7.53. The van der Waals surface area contributed by atoms with Crippen molar-refractivity contribution in [3.63, 3.8) is 0 Å². The molecule has 2 aromatic carbocycles. The monoisotopic (exact) mass is 398 g/mol. The normalized spacial score (nSPS) is 16.7. The Morgan fingerprint density at radius 1 is 1.08 bits per heavy atom. The first-order chi connectivity index (χ1) is 12.1. The first-order valence-electron chi connectivity index (χ1n) is 8.00. The van der Waals surface area contributed by atoms with Gasteiger partial charge in [-0.05, 0) is 61.7 Å². The van der Waals surface area contributed by atoms with Crippen molar-refractivity contribution < 1.29 is 21.2 Å². The first kappa shape index (κ1) is 18.7. The lowest BCUT2D eigenvalue weighted by Gasteiger charge is -2.19. The summed E-state index contributed by atoms with van der Waals surface area (Å²) in [4.78, 5) is -0.0602. The van der Waals surface area contributed by atoms with Crippen LogP contribution in [0.5, 0.6) is 0 Å². The van der Waals surface area contributed by atoms with E-state index in [4.69, 9.17) is 0 Å². The maximum absolute atomic E-state index is 13.4. The Bertz CT molecular complexity index is 1070. The van der Waals surface area contributed by atoms with Crippen LogP contribution in [0.3, 0.4) is 0 Å². The fourth-order valence-electron chi connectivity index (χ4n) is 2.79. The van der Waals surface area contributed by atoms with Crippen molar-refractivity contribution in [2.75, 3.05) is 21.3 Å². The summed E-state index contributed by atoms with van der Waals surface area (Å²) in [5.74, 6) is -0.405. The summed E-state index contributed by atoms with van der Waals surface area (Å²) in [6.07, 6.45) is 0.534. The van der Waals surface area contributed by atoms with E-state index in [1.54, 1.807) is 19.1 Å². The van der Waals surface area contributed by atoms with E-state index in [1.807, 2.05) is 0 Å². The van der Waals surface area contributed by atoms with E-state index < -0.39 is 25.9 Å². The van der Waals surface area contributed by atoms with E-state index in [9.17, 15) is 21.2 Å². The number of benzene rings is 2. The minimum atomic E-state index is -3.93. The van der Waals surface area contributed by atoms with Gasteiger partial charge in [-0.15, -0.1) is 0 Å². The summed E-state index contributed by atoms with van der Waals surface area (Å²) >= 11 is 0. The Kier molecular flexibility index (Phi) is 4.70. The van der Waals surface area contributed by atoms with Gasteiger partial charge >= 0.3 is 0 Å². The smallest absolute Gasteiger partial charge is 0.261 e. The molecule has 6 nitrogen and oxygen atoms in total. The van der Waals surface area contributed by atoms with E-state index in [2.05, 4.69) is 4.72 Å². The molecule has 3 rings (SSSR count). The maximum atomic E-state index is 13.4. The van der Waals surface area contributed by atoms with Gasteiger partial charge in [0.25, 0.3) is 10.0 Å². The molecule has 140 valence electrons. The standard InChI is InChI=1S/C17H19FN2O4S2/c1-12-4-5-14(20-8-3-9-25(20,21)22)11-17(12)19-26(23,24)15-6-7-16(18)13(2)10-15/h4-7,10-11,19H,3,8-9H2,1-2H3. The quantitative estimate of drug-likeness (QED) is 0.858. The molecule has 1 aliphatic rings. The highest BCUT2D eigenvalue weighted by Crippen LogP contribution is 2.30. The fraction of sp³-hybridized carbons (Fsp3) is 0.294. The van der Waals surface area contributed by atoms with E-state index >= 15 is 0 Å². The van der Waals surface area contributed by atoms with E-state index in [1.165, 1.54) is 29.4 Å². The molecule has 2 aromatic rings. The van der Waals surface area contributed by atoms with Crippen LogP contribution < -0.4 is 9.03 Å². The summed E-state index contributed by atoms with van der Waals surface area (Å²) in [6, 6.07) is 8.36. The van der Waals surface area contributed by atoms with Crippen LogP contribution in [0.15, 0.2) is 41.3 Å². The predicted molar refractivity (Wildman–Crippen MR) is 98.9 cm³/mol. The summed E-state index contributed by atoms with van der Waals surface area (Å²) in [6.45, 7) is 3.57. The van der Waals surface area contributed by atoms with Crippen LogP contribution in [0.2, 0.25) is 0 Å². The number of anilines is 2. The highest BCUT2D eigenvalue weighted by atomic mass is 32.2. The van der Waals surface area contributed by atoms with Gasteiger partial charge < -0.3 is 0 Å². The number of nitrogens with zero attached hydrogens (tertiary/aromatic N) is 1. The van der Waals surface area contributed by atoms with Gasteiger partial charge in [-0.1, -0.05) is 6.07 Å².